The van der Waals surface area contributed by atoms with Crippen molar-refractivity contribution in [3.63, 3.8) is 0 Å². The van der Waals surface area contributed by atoms with E-state index < -0.39 is 0 Å². The summed E-state index contributed by atoms with van der Waals surface area (Å²) in [7, 11) is 0. The highest BCUT2D eigenvalue weighted by Crippen LogP contribution is 2.38. The van der Waals surface area contributed by atoms with E-state index in [1.54, 1.807) is 0 Å². The molecule has 5 nitrogen and oxygen atoms in total. The Bertz CT molecular complexity index is 704. The molecule has 1 aliphatic heterocycles. The first-order chi connectivity index (χ1) is 12.1. The van der Waals surface area contributed by atoms with E-state index in [4.69, 9.17) is 0 Å². The van der Waals surface area contributed by atoms with Crippen LogP contribution in [0.1, 0.15) is 49.7 Å². The Hall–Kier alpha value is -2.17. The van der Waals surface area contributed by atoms with Crippen LogP contribution in [0.25, 0.3) is 0 Å². The van der Waals surface area contributed by atoms with Crippen molar-refractivity contribution in [2.45, 2.75) is 51.4 Å². The maximum absolute atomic E-state index is 12.5. The molecule has 2 atom stereocenters. The number of nitrogens with zero attached hydrogens (tertiary/aromatic N) is 1. The van der Waals surface area contributed by atoms with Crippen LogP contribution in [-0.2, 0) is 27.2 Å². The second kappa shape index (κ2) is 6.62. The molecular weight excluding hydrogens is 316 g/mol. The van der Waals surface area contributed by atoms with E-state index in [0.717, 1.165) is 50.6 Å². The maximum Gasteiger partial charge on any atom is 0.244 e. The number of carbonyl (C=O) groups excluding carboxylic acids is 3. The van der Waals surface area contributed by atoms with Gasteiger partial charge in [0.05, 0.1) is 11.8 Å². The Morgan fingerprint density at radius 2 is 1.68 bits per heavy atom. The Kier molecular flexibility index (Phi) is 4.32. The average molecular weight is 340 g/mol. The minimum Gasteiger partial charge on any atom is -0.324 e. The van der Waals surface area contributed by atoms with Crippen LogP contribution in [0.2, 0.25) is 0 Å². The predicted octanol–water partition coefficient (Wildman–Crippen LogP) is 2.68. The van der Waals surface area contributed by atoms with Crippen LogP contribution in [0.5, 0.6) is 0 Å². The molecule has 2 fully saturated rings. The summed E-state index contributed by atoms with van der Waals surface area (Å²) in [4.78, 5) is 38.7. The first-order valence-electron chi connectivity index (χ1n) is 9.41. The molecule has 3 amide bonds. The second-order valence-electron chi connectivity index (χ2n) is 7.46. The van der Waals surface area contributed by atoms with Gasteiger partial charge in [0.1, 0.15) is 6.54 Å². The molecule has 2 aliphatic carbocycles. The van der Waals surface area contributed by atoms with Gasteiger partial charge in [0.15, 0.2) is 0 Å². The smallest absolute Gasteiger partial charge is 0.244 e. The van der Waals surface area contributed by atoms with Crippen molar-refractivity contribution >= 4 is 23.4 Å². The van der Waals surface area contributed by atoms with Gasteiger partial charge in [-0.15, -0.1) is 0 Å². The van der Waals surface area contributed by atoms with Crippen molar-refractivity contribution in [2.24, 2.45) is 11.8 Å². The minimum absolute atomic E-state index is 0.153. The zero-order chi connectivity index (χ0) is 17.4. The number of fused-ring (bicyclic) bond motifs is 2. The molecule has 25 heavy (non-hydrogen) atoms. The van der Waals surface area contributed by atoms with Gasteiger partial charge in [0.2, 0.25) is 17.7 Å². The molecular formula is C20H24N2O3. The van der Waals surface area contributed by atoms with Crippen LogP contribution in [0.4, 0.5) is 5.69 Å². The largest absolute Gasteiger partial charge is 0.324 e. The zero-order valence-electron chi connectivity index (χ0n) is 14.4. The van der Waals surface area contributed by atoms with Crippen molar-refractivity contribution in [1.29, 1.82) is 0 Å². The molecule has 0 bridgehead atoms. The summed E-state index contributed by atoms with van der Waals surface area (Å²) >= 11 is 0. The lowest BCUT2D eigenvalue weighted by molar-refractivity contribution is -0.142. The summed E-state index contributed by atoms with van der Waals surface area (Å²) in [6.07, 6.45) is 7.88. The lowest BCUT2D eigenvalue weighted by atomic mass is 9.81. The first kappa shape index (κ1) is 16.3. The van der Waals surface area contributed by atoms with Crippen LogP contribution in [0.3, 0.4) is 0 Å². The number of nitrogens with one attached hydrogen (secondary N) is 1. The highest BCUT2D eigenvalue weighted by molar-refractivity contribution is 6.08. The molecule has 5 heteroatoms. The number of amides is 3. The first-order valence-corrected chi connectivity index (χ1v) is 9.41. The number of hydrogen-bond acceptors (Lipinski definition) is 3. The van der Waals surface area contributed by atoms with E-state index in [9.17, 15) is 14.4 Å². The molecule has 1 heterocycles. The predicted molar refractivity (Wildman–Crippen MR) is 93.9 cm³/mol. The summed E-state index contributed by atoms with van der Waals surface area (Å²) in [5, 5.41) is 2.93. The fourth-order valence-electron chi connectivity index (χ4n) is 4.62. The Labute approximate surface area is 147 Å². The molecule has 1 aromatic carbocycles. The van der Waals surface area contributed by atoms with Crippen molar-refractivity contribution in [3.8, 4) is 0 Å². The molecule has 1 saturated heterocycles. The summed E-state index contributed by atoms with van der Waals surface area (Å²) in [5.41, 5.74) is 3.33. The topological polar surface area (TPSA) is 66.5 Å². The van der Waals surface area contributed by atoms with Gasteiger partial charge in [-0.1, -0.05) is 25.0 Å². The van der Waals surface area contributed by atoms with Crippen LogP contribution in [-0.4, -0.2) is 29.2 Å². The summed E-state index contributed by atoms with van der Waals surface area (Å²) in [5.74, 6) is -0.976. The Morgan fingerprint density at radius 1 is 1.00 bits per heavy atom. The number of aryl methyl sites for hydroxylation is 1. The van der Waals surface area contributed by atoms with Gasteiger partial charge in [0.25, 0.3) is 0 Å². The summed E-state index contributed by atoms with van der Waals surface area (Å²) < 4.78 is 0. The number of rotatable bonds is 3. The number of benzene rings is 1. The minimum atomic E-state index is -0.278. The van der Waals surface area contributed by atoms with Crippen LogP contribution >= 0.6 is 0 Å². The Morgan fingerprint density at radius 3 is 2.40 bits per heavy atom. The third-order valence-corrected chi connectivity index (χ3v) is 5.90. The van der Waals surface area contributed by atoms with E-state index in [2.05, 4.69) is 11.4 Å². The maximum atomic E-state index is 12.5. The normalized spacial score (nSPS) is 25.5. The zero-order valence-corrected chi connectivity index (χ0v) is 14.4. The Balaban J connectivity index is 1.46. The number of anilines is 1. The van der Waals surface area contributed by atoms with Crippen molar-refractivity contribution in [1.82, 2.24) is 4.90 Å². The molecule has 0 radical (unpaired) electrons. The highest BCUT2D eigenvalue weighted by Gasteiger charge is 2.48. The van der Waals surface area contributed by atoms with Crippen LogP contribution in [0, 0.1) is 11.8 Å². The monoisotopic (exact) mass is 340 g/mol. The third kappa shape index (κ3) is 2.96. The van der Waals surface area contributed by atoms with Gasteiger partial charge in [-0.3, -0.25) is 19.3 Å². The molecule has 0 aromatic heterocycles. The standard InChI is InChI=1S/C20H24N2O3/c23-18(21-17-11-5-7-13-6-1-2-8-14(13)17)12-22-19(24)15-9-3-4-10-16(15)20(22)25/h5,7,11,15-16H,1-4,6,8-10,12H2,(H,21,23). The molecule has 1 saturated carbocycles. The lowest BCUT2D eigenvalue weighted by Crippen LogP contribution is -2.38. The van der Waals surface area contributed by atoms with Gasteiger partial charge in [-0.05, 0) is 55.7 Å². The SMILES string of the molecule is O=C(CN1C(=O)C2CCCCC2C1=O)Nc1cccc2c1CCCC2. The molecule has 1 aromatic rings. The van der Waals surface area contributed by atoms with E-state index >= 15 is 0 Å². The quantitative estimate of drug-likeness (QED) is 0.860. The van der Waals surface area contributed by atoms with Gasteiger partial charge >= 0.3 is 0 Å². The van der Waals surface area contributed by atoms with E-state index in [-0.39, 0.29) is 36.1 Å². The fraction of sp³-hybridized carbons (Fsp3) is 0.550. The summed E-state index contributed by atoms with van der Waals surface area (Å²) in [6, 6.07) is 5.98. The summed E-state index contributed by atoms with van der Waals surface area (Å²) in [6.45, 7) is -0.158. The van der Waals surface area contributed by atoms with E-state index in [1.807, 2.05) is 12.1 Å². The molecule has 3 aliphatic rings. The van der Waals surface area contributed by atoms with Gasteiger partial charge in [-0.2, -0.15) is 0 Å². The second-order valence-corrected chi connectivity index (χ2v) is 7.46. The van der Waals surface area contributed by atoms with Crippen LogP contribution in [0.15, 0.2) is 18.2 Å². The third-order valence-electron chi connectivity index (χ3n) is 5.90. The number of imide groups is 1. The van der Waals surface area contributed by atoms with Gasteiger partial charge < -0.3 is 5.32 Å². The average Bonchev–Trinajstić information content (AvgIpc) is 2.87. The molecule has 132 valence electrons. The number of carbonyl (C=O) groups is 3. The molecule has 0 spiro atoms. The van der Waals surface area contributed by atoms with E-state index in [1.165, 1.54) is 22.4 Å². The van der Waals surface area contributed by atoms with Gasteiger partial charge in [-0.25, -0.2) is 0 Å². The number of likely N-dealkylation sites (tertiary alicyclic amines) is 1. The molecule has 1 N–H and O–H groups in total. The van der Waals surface area contributed by atoms with E-state index in [0.29, 0.717) is 0 Å². The van der Waals surface area contributed by atoms with Crippen molar-refractivity contribution < 1.29 is 14.4 Å². The van der Waals surface area contributed by atoms with Crippen molar-refractivity contribution in [2.75, 3.05) is 11.9 Å². The fourth-order valence-corrected chi connectivity index (χ4v) is 4.62. The highest BCUT2D eigenvalue weighted by atomic mass is 16.2. The lowest BCUT2D eigenvalue weighted by Gasteiger charge is -2.20. The molecule has 2 unspecified atom stereocenters. The van der Waals surface area contributed by atoms with Gasteiger partial charge in [0, 0.05) is 5.69 Å². The van der Waals surface area contributed by atoms with Crippen molar-refractivity contribution in [3.05, 3.63) is 29.3 Å². The molecule has 4 rings (SSSR count). The van der Waals surface area contributed by atoms with Crippen LogP contribution < -0.4 is 5.32 Å². The number of hydrogen-bond donors (Lipinski definition) is 1.